The Kier molecular flexibility index (Phi) is 10.7. The lowest BCUT2D eigenvalue weighted by Gasteiger charge is -2.31. The fourth-order valence-electron chi connectivity index (χ4n) is 6.65. The third-order valence-electron chi connectivity index (χ3n) is 9.06. The van der Waals surface area contributed by atoms with Crippen LogP contribution in [0.15, 0.2) is 114 Å². The van der Waals surface area contributed by atoms with E-state index in [-0.39, 0.29) is 0 Å². The van der Waals surface area contributed by atoms with Crippen LogP contribution in [0.5, 0.6) is 0 Å². The minimum atomic E-state index is 0.367. The summed E-state index contributed by atoms with van der Waals surface area (Å²) in [7, 11) is 0. The number of allylic oxidation sites excluding steroid dienone is 11. The van der Waals surface area contributed by atoms with Gasteiger partial charge in [-0.2, -0.15) is 0 Å². The summed E-state index contributed by atoms with van der Waals surface area (Å²) in [4.78, 5) is 0. The predicted octanol–water partition coefficient (Wildman–Crippen LogP) is 10.1. The first-order chi connectivity index (χ1) is 18.6. The van der Waals surface area contributed by atoms with Crippen LogP contribution in [0.2, 0.25) is 0 Å². The van der Waals surface area contributed by atoms with Gasteiger partial charge in [0.1, 0.15) is 0 Å². The fraction of sp³-hybridized carbons (Fsp3) is 0.459. The van der Waals surface area contributed by atoms with Crippen LogP contribution in [-0.4, -0.2) is 6.04 Å². The van der Waals surface area contributed by atoms with E-state index in [9.17, 15) is 0 Å². The first kappa shape index (κ1) is 28.2. The molecule has 0 saturated heterocycles. The Morgan fingerprint density at radius 1 is 0.895 bits per heavy atom. The molecule has 0 bridgehead atoms. The highest BCUT2D eigenvalue weighted by Crippen LogP contribution is 2.39. The lowest BCUT2D eigenvalue weighted by Crippen LogP contribution is -2.31. The van der Waals surface area contributed by atoms with Crippen molar-refractivity contribution in [2.45, 2.75) is 90.5 Å². The van der Waals surface area contributed by atoms with Crippen LogP contribution in [0.1, 0.15) is 90.0 Å². The summed E-state index contributed by atoms with van der Waals surface area (Å²) < 4.78 is 0. The molecule has 0 heterocycles. The average Bonchev–Trinajstić information content (AvgIpc) is 2.98. The molecule has 3 aliphatic rings. The van der Waals surface area contributed by atoms with E-state index in [2.05, 4.69) is 112 Å². The molecule has 3 unspecified atom stereocenters. The molecule has 0 aromatic heterocycles. The standard InChI is InChI=1S/C37H49N/c1-5-7-14-28(3)36(27-29(4)30-19-21-33(22-20-30)31-15-10-8-11-16-31)37(6-2)38-35-25-23-34(24-26-35)32-17-12-9-13-18-32/h5-8,10-12,14-17,23,25,27,30,32-35,38H,2,9,13,18-22,24,26H2,1,3-4H3/b7-5-,28-14+,29-27+,37-36-. The zero-order valence-electron chi connectivity index (χ0n) is 24.0. The molecule has 38 heavy (non-hydrogen) atoms. The molecule has 0 amide bonds. The van der Waals surface area contributed by atoms with Gasteiger partial charge in [0.2, 0.25) is 0 Å². The summed E-state index contributed by atoms with van der Waals surface area (Å²) in [5.74, 6) is 2.80. The number of benzene rings is 1. The maximum atomic E-state index is 4.23. The molecule has 3 atom stereocenters. The lowest BCUT2D eigenvalue weighted by atomic mass is 9.76. The van der Waals surface area contributed by atoms with Gasteiger partial charge in [-0.25, -0.2) is 0 Å². The van der Waals surface area contributed by atoms with E-state index in [0.29, 0.717) is 23.8 Å². The molecule has 0 radical (unpaired) electrons. The quantitative estimate of drug-likeness (QED) is 0.259. The van der Waals surface area contributed by atoms with Crippen LogP contribution in [0.3, 0.4) is 0 Å². The summed E-state index contributed by atoms with van der Waals surface area (Å²) in [5, 5.41) is 3.87. The van der Waals surface area contributed by atoms with Crippen molar-refractivity contribution < 1.29 is 0 Å². The summed E-state index contributed by atoms with van der Waals surface area (Å²) in [6, 6.07) is 11.5. The smallest absolute Gasteiger partial charge is 0.0444 e. The fourth-order valence-corrected chi connectivity index (χ4v) is 6.65. The number of rotatable bonds is 9. The second-order valence-electron chi connectivity index (χ2n) is 11.7. The molecule has 1 fully saturated rings. The van der Waals surface area contributed by atoms with Gasteiger partial charge in [-0.15, -0.1) is 0 Å². The molecule has 1 saturated carbocycles. The van der Waals surface area contributed by atoms with Crippen molar-refractivity contribution in [1.29, 1.82) is 0 Å². The predicted molar refractivity (Wildman–Crippen MR) is 166 cm³/mol. The van der Waals surface area contributed by atoms with E-state index in [1.165, 1.54) is 80.1 Å². The van der Waals surface area contributed by atoms with E-state index in [0.717, 1.165) is 11.6 Å². The van der Waals surface area contributed by atoms with Crippen molar-refractivity contribution in [3.05, 3.63) is 120 Å². The number of nitrogens with one attached hydrogen (secondary N) is 1. The summed E-state index contributed by atoms with van der Waals surface area (Å²) in [6.45, 7) is 10.9. The van der Waals surface area contributed by atoms with Gasteiger partial charge < -0.3 is 5.32 Å². The van der Waals surface area contributed by atoms with Crippen LogP contribution in [0, 0.1) is 17.8 Å². The molecule has 1 aromatic carbocycles. The Morgan fingerprint density at radius 3 is 2.29 bits per heavy atom. The Balaban J connectivity index is 1.49. The van der Waals surface area contributed by atoms with Gasteiger partial charge in [0, 0.05) is 17.3 Å². The van der Waals surface area contributed by atoms with Crippen molar-refractivity contribution >= 4 is 0 Å². The van der Waals surface area contributed by atoms with E-state index in [1.54, 1.807) is 0 Å². The van der Waals surface area contributed by atoms with Gasteiger partial charge in [0.05, 0.1) is 0 Å². The Hall–Kier alpha value is -2.80. The van der Waals surface area contributed by atoms with Crippen LogP contribution in [0.25, 0.3) is 0 Å². The van der Waals surface area contributed by atoms with Crippen LogP contribution < -0.4 is 5.32 Å². The molecule has 1 nitrogen and oxygen atoms in total. The van der Waals surface area contributed by atoms with Gasteiger partial charge >= 0.3 is 0 Å². The third-order valence-corrected chi connectivity index (χ3v) is 9.06. The van der Waals surface area contributed by atoms with E-state index < -0.39 is 0 Å². The zero-order valence-corrected chi connectivity index (χ0v) is 24.0. The van der Waals surface area contributed by atoms with Gasteiger partial charge in [-0.05, 0) is 119 Å². The lowest BCUT2D eigenvalue weighted by molar-refractivity contribution is 0.362. The molecule has 1 aromatic rings. The largest absolute Gasteiger partial charge is 0.378 e. The average molecular weight is 508 g/mol. The van der Waals surface area contributed by atoms with E-state index >= 15 is 0 Å². The first-order valence-corrected chi connectivity index (χ1v) is 15.1. The Morgan fingerprint density at radius 2 is 1.66 bits per heavy atom. The third kappa shape index (κ3) is 7.62. The Bertz CT molecular complexity index is 1080. The minimum Gasteiger partial charge on any atom is -0.378 e. The first-order valence-electron chi connectivity index (χ1n) is 15.1. The number of hydrogen-bond acceptors (Lipinski definition) is 1. The van der Waals surface area contributed by atoms with Crippen molar-refractivity contribution in [2.24, 2.45) is 17.8 Å². The second kappa shape index (κ2) is 14.4. The van der Waals surface area contributed by atoms with Crippen molar-refractivity contribution in [1.82, 2.24) is 5.32 Å². The summed E-state index contributed by atoms with van der Waals surface area (Å²) in [5.41, 5.74) is 6.74. The normalized spacial score (nSPS) is 29.3. The second-order valence-corrected chi connectivity index (χ2v) is 11.7. The molecular weight excluding hydrogens is 458 g/mol. The van der Waals surface area contributed by atoms with Crippen LogP contribution >= 0.6 is 0 Å². The zero-order chi connectivity index (χ0) is 26.7. The monoisotopic (exact) mass is 507 g/mol. The number of hydrogen-bond donors (Lipinski definition) is 1. The molecule has 4 rings (SSSR count). The van der Waals surface area contributed by atoms with Gasteiger partial charge in [-0.1, -0.05) is 91.1 Å². The molecule has 0 aliphatic heterocycles. The SMILES string of the molecule is C=C/C(NC1C=CC(C2C=CCCC2)CC1)=C(\C=C(/C)C1CCC(c2ccccc2)CC1)C(/C)=C/C=C\C. The highest BCUT2D eigenvalue weighted by molar-refractivity contribution is 5.48. The molecular formula is C37H49N. The summed E-state index contributed by atoms with van der Waals surface area (Å²) >= 11 is 0. The van der Waals surface area contributed by atoms with Crippen LogP contribution in [0.4, 0.5) is 0 Å². The molecule has 202 valence electrons. The summed E-state index contributed by atoms with van der Waals surface area (Å²) in [6.07, 6.45) is 32.2. The maximum Gasteiger partial charge on any atom is 0.0444 e. The van der Waals surface area contributed by atoms with Crippen molar-refractivity contribution in [3.8, 4) is 0 Å². The van der Waals surface area contributed by atoms with Gasteiger partial charge in [0.15, 0.2) is 0 Å². The highest BCUT2D eigenvalue weighted by atomic mass is 14.9. The van der Waals surface area contributed by atoms with Gasteiger partial charge in [0.25, 0.3) is 0 Å². The minimum absolute atomic E-state index is 0.367. The molecule has 0 spiro atoms. The maximum absolute atomic E-state index is 4.23. The molecule has 1 heteroatoms. The molecule has 1 N–H and O–H groups in total. The van der Waals surface area contributed by atoms with E-state index in [4.69, 9.17) is 0 Å². The topological polar surface area (TPSA) is 12.0 Å². The van der Waals surface area contributed by atoms with Gasteiger partial charge in [-0.3, -0.25) is 0 Å². The Labute approximate surface area is 232 Å². The van der Waals surface area contributed by atoms with E-state index in [1.807, 2.05) is 6.08 Å². The van der Waals surface area contributed by atoms with Crippen molar-refractivity contribution in [3.63, 3.8) is 0 Å². The molecule has 3 aliphatic carbocycles. The van der Waals surface area contributed by atoms with Crippen molar-refractivity contribution in [2.75, 3.05) is 0 Å². The highest BCUT2D eigenvalue weighted by Gasteiger charge is 2.25. The van der Waals surface area contributed by atoms with Crippen LogP contribution in [-0.2, 0) is 0 Å².